The molecule has 13 aromatic carbocycles. The van der Waals surface area contributed by atoms with Crippen LogP contribution >= 0.6 is 0 Å². The van der Waals surface area contributed by atoms with Crippen molar-refractivity contribution >= 4 is 58.4 Å². The third kappa shape index (κ3) is 9.59. The average Bonchev–Trinajstić information content (AvgIpc) is 1.62. The molecule has 0 aliphatic heterocycles. The number of hydrogen-bond acceptors (Lipinski definition) is 2. The third-order valence-corrected chi connectivity index (χ3v) is 21.9. The van der Waals surface area contributed by atoms with Gasteiger partial charge in [-0.05, 0) is 218 Å². The summed E-state index contributed by atoms with van der Waals surface area (Å²) in [4.78, 5) is 4.80. The second kappa shape index (κ2) is 22.3. The Kier molecular flexibility index (Phi) is 13.6. The standard InChI is InChI=1S/C94H76N2/c1-91(2)83-25-17-15-23-75(83)79-51-41-67(57-87(79)91)65-37-43-71(44-38-65)95(69-19-11-9-12-20-69)73-47-53-81-77-49-35-63(55-85(77)93(5,6)89(81)59-73)33-31-61-27-29-62(30-28-61)32-34-64-36-50-78-82-54-48-74(60-90(82)94(7,8)86(78)56-64)96(70-21-13-10-14-22-70)72-45-39-66(40-46-72)68-42-52-80-76-24-16-18-26-84(76)92(3,4)88(80)58-68/h9-60H,1-8H3/b33-31+,34-32+. The lowest BCUT2D eigenvalue weighted by Gasteiger charge is -2.28. The maximum Gasteiger partial charge on any atom is 0.0465 e. The summed E-state index contributed by atoms with van der Waals surface area (Å²) in [6.07, 6.45) is 9.01. The van der Waals surface area contributed by atoms with Gasteiger partial charge in [0.25, 0.3) is 0 Å². The molecule has 96 heavy (non-hydrogen) atoms. The molecule has 2 nitrogen and oxygen atoms in total. The summed E-state index contributed by atoms with van der Waals surface area (Å²) in [5, 5.41) is 0. The normalized spacial score (nSPS) is 14.9. The van der Waals surface area contributed by atoms with Crippen LogP contribution in [0.3, 0.4) is 0 Å². The SMILES string of the molecule is CC1(C)c2ccccc2-c2ccc(-c3ccc(N(c4ccccc4)c4ccc5c(c4)C(C)(C)c4cc(/C=C/c6ccc(/C=C/c7ccc8c(c7)C(C)(C)c7cc(N(c9ccccc9)c9ccc(-c%10ccc%11c(c%10)C(C)(C)c%10ccccc%10-%11)cc9)ccc7-8)cc6)ccc4-5)cc3)cc21. The predicted octanol–water partition coefficient (Wildman–Crippen LogP) is 25.5. The van der Waals surface area contributed by atoms with Crippen molar-refractivity contribution in [3.05, 3.63) is 358 Å². The van der Waals surface area contributed by atoms with E-state index in [4.69, 9.17) is 0 Å². The Morgan fingerprint density at radius 1 is 0.188 bits per heavy atom. The molecule has 0 atom stereocenters. The van der Waals surface area contributed by atoms with E-state index in [1.165, 1.54) is 134 Å². The van der Waals surface area contributed by atoms with Crippen molar-refractivity contribution in [2.24, 2.45) is 0 Å². The highest BCUT2D eigenvalue weighted by molar-refractivity contribution is 5.91. The summed E-state index contributed by atoms with van der Waals surface area (Å²) in [5.41, 5.74) is 37.6. The molecule has 4 aliphatic rings. The second-order valence-corrected chi connectivity index (χ2v) is 29.0. The van der Waals surface area contributed by atoms with Gasteiger partial charge >= 0.3 is 0 Å². The Hall–Kier alpha value is -11.1. The molecular formula is C94H76N2. The zero-order chi connectivity index (χ0) is 65.2. The minimum Gasteiger partial charge on any atom is -0.310 e. The van der Waals surface area contributed by atoms with Crippen LogP contribution in [-0.4, -0.2) is 0 Å². The van der Waals surface area contributed by atoms with Crippen molar-refractivity contribution in [1.29, 1.82) is 0 Å². The lowest BCUT2D eigenvalue weighted by atomic mass is 9.81. The van der Waals surface area contributed by atoms with Crippen LogP contribution in [0, 0.1) is 0 Å². The fourth-order valence-electron chi connectivity index (χ4n) is 16.5. The number of anilines is 6. The van der Waals surface area contributed by atoms with Crippen molar-refractivity contribution in [3.8, 4) is 66.8 Å². The first-order valence-electron chi connectivity index (χ1n) is 34.0. The first kappa shape index (κ1) is 58.7. The number of benzene rings is 13. The number of para-hydroxylation sites is 2. The van der Waals surface area contributed by atoms with E-state index in [1.54, 1.807) is 0 Å². The molecule has 462 valence electrons. The zero-order valence-corrected chi connectivity index (χ0v) is 55.9. The molecule has 0 unspecified atom stereocenters. The molecule has 0 spiro atoms. The van der Waals surface area contributed by atoms with E-state index < -0.39 is 0 Å². The summed E-state index contributed by atoms with van der Waals surface area (Å²) in [6, 6.07) is 109. The third-order valence-electron chi connectivity index (χ3n) is 21.9. The first-order chi connectivity index (χ1) is 46.6. The molecule has 0 radical (unpaired) electrons. The van der Waals surface area contributed by atoms with Gasteiger partial charge in [-0.3, -0.25) is 0 Å². The Bertz CT molecular complexity index is 4970. The monoisotopic (exact) mass is 1230 g/mol. The molecule has 13 aromatic rings. The van der Waals surface area contributed by atoms with Gasteiger partial charge in [0.15, 0.2) is 0 Å². The van der Waals surface area contributed by atoms with Gasteiger partial charge in [0.2, 0.25) is 0 Å². The Morgan fingerprint density at radius 3 is 0.823 bits per heavy atom. The number of hydrogen-bond donors (Lipinski definition) is 0. The highest BCUT2D eigenvalue weighted by Crippen LogP contribution is 2.55. The van der Waals surface area contributed by atoms with Gasteiger partial charge in [-0.25, -0.2) is 0 Å². The molecular weight excluding hydrogens is 1160 g/mol. The second-order valence-electron chi connectivity index (χ2n) is 29.0. The summed E-state index contributed by atoms with van der Waals surface area (Å²) in [5.74, 6) is 0. The first-order valence-corrected chi connectivity index (χ1v) is 34.0. The van der Waals surface area contributed by atoms with Gasteiger partial charge in [0, 0.05) is 55.8 Å². The van der Waals surface area contributed by atoms with Crippen molar-refractivity contribution in [1.82, 2.24) is 0 Å². The van der Waals surface area contributed by atoms with Crippen LogP contribution in [0.1, 0.15) is 122 Å². The molecule has 0 heterocycles. The van der Waals surface area contributed by atoms with E-state index in [1.807, 2.05) is 0 Å². The van der Waals surface area contributed by atoms with E-state index in [2.05, 4.69) is 381 Å². The van der Waals surface area contributed by atoms with Gasteiger partial charge in [-0.1, -0.05) is 286 Å². The highest BCUT2D eigenvalue weighted by Gasteiger charge is 2.40. The van der Waals surface area contributed by atoms with Gasteiger partial charge in [-0.2, -0.15) is 0 Å². The average molecular weight is 1230 g/mol. The van der Waals surface area contributed by atoms with Crippen LogP contribution in [0.2, 0.25) is 0 Å². The summed E-state index contributed by atoms with van der Waals surface area (Å²) in [6.45, 7) is 18.9. The van der Waals surface area contributed by atoms with E-state index in [0.717, 1.165) is 34.1 Å². The van der Waals surface area contributed by atoms with Crippen LogP contribution < -0.4 is 9.80 Å². The van der Waals surface area contributed by atoms with E-state index in [9.17, 15) is 0 Å². The number of rotatable bonds is 12. The largest absolute Gasteiger partial charge is 0.310 e. The van der Waals surface area contributed by atoms with E-state index in [0.29, 0.717) is 0 Å². The smallest absolute Gasteiger partial charge is 0.0465 e. The van der Waals surface area contributed by atoms with Gasteiger partial charge in [0.05, 0.1) is 0 Å². The molecule has 2 heteroatoms. The fraction of sp³-hybridized carbons (Fsp3) is 0.128. The summed E-state index contributed by atoms with van der Waals surface area (Å²) >= 11 is 0. The Balaban J connectivity index is 0.578. The minimum absolute atomic E-state index is 0.0460. The topological polar surface area (TPSA) is 6.48 Å². The molecule has 0 saturated heterocycles. The van der Waals surface area contributed by atoms with Gasteiger partial charge in [0.1, 0.15) is 0 Å². The Labute approximate surface area is 566 Å². The van der Waals surface area contributed by atoms with Crippen molar-refractivity contribution in [2.75, 3.05) is 9.80 Å². The van der Waals surface area contributed by atoms with E-state index in [-0.39, 0.29) is 21.7 Å². The molecule has 17 rings (SSSR count). The van der Waals surface area contributed by atoms with Crippen LogP contribution in [0.25, 0.3) is 91.1 Å². The molecule has 0 fully saturated rings. The number of nitrogens with zero attached hydrogens (tertiary/aromatic N) is 2. The van der Waals surface area contributed by atoms with Crippen molar-refractivity contribution < 1.29 is 0 Å². The Morgan fingerprint density at radius 2 is 0.438 bits per heavy atom. The van der Waals surface area contributed by atoms with Gasteiger partial charge in [-0.15, -0.1) is 0 Å². The summed E-state index contributed by atoms with van der Waals surface area (Å²) in [7, 11) is 0. The molecule has 0 N–H and O–H groups in total. The molecule has 0 aromatic heterocycles. The van der Waals surface area contributed by atoms with Crippen LogP contribution in [0.4, 0.5) is 34.1 Å². The lowest BCUT2D eigenvalue weighted by Crippen LogP contribution is -2.16. The fourth-order valence-corrected chi connectivity index (χ4v) is 16.5. The van der Waals surface area contributed by atoms with Crippen LogP contribution in [-0.2, 0) is 21.7 Å². The predicted molar refractivity (Wildman–Crippen MR) is 408 cm³/mol. The molecule has 0 amide bonds. The zero-order valence-electron chi connectivity index (χ0n) is 55.9. The van der Waals surface area contributed by atoms with E-state index >= 15 is 0 Å². The van der Waals surface area contributed by atoms with Crippen molar-refractivity contribution in [3.63, 3.8) is 0 Å². The molecule has 0 saturated carbocycles. The maximum absolute atomic E-state index is 2.43. The van der Waals surface area contributed by atoms with Gasteiger partial charge < -0.3 is 9.80 Å². The van der Waals surface area contributed by atoms with Crippen molar-refractivity contribution in [2.45, 2.75) is 77.0 Å². The number of fused-ring (bicyclic) bond motifs is 12. The highest BCUT2D eigenvalue weighted by atomic mass is 15.1. The minimum atomic E-state index is -0.204. The molecule has 4 aliphatic carbocycles. The lowest BCUT2D eigenvalue weighted by molar-refractivity contribution is 0.660. The molecule has 0 bridgehead atoms. The van der Waals surface area contributed by atoms with Crippen LogP contribution in [0.15, 0.2) is 291 Å². The summed E-state index contributed by atoms with van der Waals surface area (Å²) < 4.78 is 0. The maximum atomic E-state index is 2.43. The quantitative estimate of drug-likeness (QED) is 0.113. The van der Waals surface area contributed by atoms with Crippen LogP contribution in [0.5, 0.6) is 0 Å².